The van der Waals surface area contributed by atoms with Crippen molar-refractivity contribution in [1.29, 1.82) is 0 Å². The van der Waals surface area contributed by atoms with Crippen LogP contribution in [0.1, 0.15) is 13.8 Å². The van der Waals surface area contributed by atoms with Crippen molar-refractivity contribution in [2.45, 2.75) is 32.2 Å². The van der Waals surface area contributed by atoms with Gasteiger partial charge in [-0.05, 0) is 6.92 Å². The van der Waals surface area contributed by atoms with Crippen LogP contribution < -0.4 is 5.73 Å². The van der Waals surface area contributed by atoms with E-state index in [0.717, 1.165) is 6.08 Å². The lowest BCUT2D eigenvalue weighted by Gasteiger charge is -2.23. The van der Waals surface area contributed by atoms with E-state index in [1.165, 1.54) is 18.0 Å². The Hall–Kier alpha value is -1.70. The van der Waals surface area contributed by atoms with Gasteiger partial charge in [0.2, 0.25) is 11.8 Å². The minimum atomic E-state index is -0.886. The summed E-state index contributed by atoms with van der Waals surface area (Å²) in [7, 11) is 0. The van der Waals surface area contributed by atoms with E-state index < -0.39 is 30.1 Å². The van der Waals surface area contributed by atoms with Crippen molar-refractivity contribution >= 4 is 11.8 Å². The Balaban J connectivity index is 2.83. The normalized spacial score (nSPS) is 28.8. The van der Waals surface area contributed by atoms with Gasteiger partial charge in [-0.25, -0.2) is 0 Å². The minimum Gasteiger partial charge on any atom is -0.394 e. The number of ether oxygens (including phenoxy) is 1. The van der Waals surface area contributed by atoms with Crippen LogP contribution in [0, 0.1) is 5.92 Å². The van der Waals surface area contributed by atoms with Crippen LogP contribution >= 0.6 is 0 Å². The van der Waals surface area contributed by atoms with E-state index in [0.29, 0.717) is 5.57 Å². The number of aliphatic hydroxyl groups excluding tert-OH is 2. The molecule has 0 aromatic rings. The second-order valence-corrected chi connectivity index (χ2v) is 5.15. The lowest BCUT2D eigenvalue weighted by Crippen LogP contribution is -2.38. The van der Waals surface area contributed by atoms with E-state index in [9.17, 15) is 19.8 Å². The summed E-state index contributed by atoms with van der Waals surface area (Å²) in [6.45, 7) is 6.67. The molecule has 21 heavy (non-hydrogen) atoms. The first-order valence-corrected chi connectivity index (χ1v) is 6.62. The molecule has 7 heteroatoms. The summed E-state index contributed by atoms with van der Waals surface area (Å²) >= 11 is 0. The van der Waals surface area contributed by atoms with E-state index in [2.05, 4.69) is 6.58 Å². The first-order valence-electron chi connectivity index (χ1n) is 6.62. The summed E-state index contributed by atoms with van der Waals surface area (Å²) < 4.78 is 5.58. The molecule has 0 spiro atoms. The summed E-state index contributed by atoms with van der Waals surface area (Å²) in [5, 5.41) is 19.6. The molecule has 0 aliphatic carbocycles. The maximum Gasteiger partial charge on any atom is 0.242 e. The van der Waals surface area contributed by atoms with Gasteiger partial charge in [-0.1, -0.05) is 12.2 Å². The van der Waals surface area contributed by atoms with E-state index >= 15 is 0 Å². The summed E-state index contributed by atoms with van der Waals surface area (Å²) in [4.78, 5) is 23.5. The quantitative estimate of drug-likeness (QED) is 0.436. The Morgan fingerprint density at radius 2 is 2.00 bits per heavy atom. The summed E-state index contributed by atoms with van der Waals surface area (Å²) in [5.41, 5.74) is 5.69. The molecule has 4 atom stereocenters. The Morgan fingerprint density at radius 1 is 1.38 bits per heavy atom. The number of aliphatic hydroxyl groups is 2. The van der Waals surface area contributed by atoms with Crippen molar-refractivity contribution in [3.05, 3.63) is 24.4 Å². The highest BCUT2D eigenvalue weighted by atomic mass is 16.5. The molecule has 1 heterocycles. The minimum absolute atomic E-state index is 0.0561. The molecule has 1 saturated heterocycles. The van der Waals surface area contributed by atoms with Crippen LogP contribution in [-0.2, 0) is 14.3 Å². The van der Waals surface area contributed by atoms with Crippen molar-refractivity contribution in [3.63, 3.8) is 0 Å². The zero-order valence-electron chi connectivity index (χ0n) is 12.2. The molecule has 118 valence electrons. The van der Waals surface area contributed by atoms with Crippen molar-refractivity contribution in [1.82, 2.24) is 4.90 Å². The van der Waals surface area contributed by atoms with Gasteiger partial charge >= 0.3 is 0 Å². The van der Waals surface area contributed by atoms with Gasteiger partial charge in [0.1, 0.15) is 6.10 Å². The maximum atomic E-state index is 11.5. The molecule has 4 N–H and O–H groups in total. The monoisotopic (exact) mass is 298 g/mol. The van der Waals surface area contributed by atoms with Crippen molar-refractivity contribution in [2.24, 2.45) is 11.7 Å². The smallest absolute Gasteiger partial charge is 0.242 e. The molecule has 7 nitrogen and oxygen atoms in total. The highest BCUT2D eigenvalue weighted by Crippen LogP contribution is 2.32. The zero-order valence-corrected chi connectivity index (χ0v) is 12.2. The van der Waals surface area contributed by atoms with Crippen LogP contribution in [0.25, 0.3) is 0 Å². The average Bonchev–Trinajstić information content (AvgIpc) is 2.70. The van der Waals surface area contributed by atoms with Crippen molar-refractivity contribution in [3.8, 4) is 0 Å². The van der Waals surface area contributed by atoms with E-state index in [-0.39, 0.29) is 19.1 Å². The van der Waals surface area contributed by atoms with E-state index in [4.69, 9.17) is 10.5 Å². The van der Waals surface area contributed by atoms with Crippen LogP contribution in [0.4, 0.5) is 0 Å². The van der Waals surface area contributed by atoms with Gasteiger partial charge in [0.25, 0.3) is 0 Å². The third kappa shape index (κ3) is 4.38. The maximum absolute atomic E-state index is 11.5. The molecule has 1 aliphatic rings. The number of hydrogen-bond acceptors (Lipinski definition) is 5. The third-order valence-electron chi connectivity index (χ3n) is 3.45. The van der Waals surface area contributed by atoms with Crippen LogP contribution in [0.15, 0.2) is 24.4 Å². The lowest BCUT2D eigenvalue weighted by atomic mass is 9.90. The van der Waals surface area contributed by atoms with Gasteiger partial charge in [0.05, 0.1) is 25.4 Å². The van der Waals surface area contributed by atoms with Gasteiger partial charge in [0.15, 0.2) is 0 Å². The summed E-state index contributed by atoms with van der Waals surface area (Å²) in [6, 6.07) is 0. The molecule has 0 radical (unpaired) electrons. The van der Waals surface area contributed by atoms with Crippen LogP contribution in [-0.4, -0.2) is 58.4 Å². The summed E-state index contributed by atoms with van der Waals surface area (Å²) in [6.07, 6.45) is 0.191. The molecule has 0 aromatic heterocycles. The first-order chi connectivity index (χ1) is 9.77. The largest absolute Gasteiger partial charge is 0.394 e. The Labute approximate surface area is 123 Å². The van der Waals surface area contributed by atoms with Gasteiger partial charge < -0.3 is 25.6 Å². The second-order valence-electron chi connectivity index (χ2n) is 5.15. The highest BCUT2D eigenvalue weighted by Gasteiger charge is 2.44. The number of nitrogens with two attached hydrogens (primary N) is 1. The molecule has 2 amide bonds. The molecule has 0 saturated carbocycles. The van der Waals surface area contributed by atoms with Gasteiger partial charge in [-0.15, -0.1) is 0 Å². The topological polar surface area (TPSA) is 113 Å². The van der Waals surface area contributed by atoms with Crippen molar-refractivity contribution in [2.75, 3.05) is 13.2 Å². The molecule has 0 aromatic carbocycles. The van der Waals surface area contributed by atoms with E-state index in [1.807, 2.05) is 0 Å². The zero-order chi connectivity index (χ0) is 16.2. The predicted molar refractivity (Wildman–Crippen MR) is 75.8 cm³/mol. The van der Waals surface area contributed by atoms with Gasteiger partial charge in [-0.3, -0.25) is 9.59 Å². The Morgan fingerprint density at radius 3 is 2.38 bits per heavy atom. The fourth-order valence-electron chi connectivity index (χ4n) is 2.41. The van der Waals surface area contributed by atoms with E-state index in [1.54, 1.807) is 6.92 Å². The number of primary amides is 1. The van der Waals surface area contributed by atoms with Crippen molar-refractivity contribution < 1.29 is 24.5 Å². The molecular formula is C14H22N2O5. The molecule has 1 rings (SSSR count). The molecule has 1 fully saturated rings. The third-order valence-corrected chi connectivity index (χ3v) is 3.45. The SMILES string of the molecule is C=C(C)C1C(O)C(CN(/C=C\C(N)=O)C(C)=O)O[C@@H]1CO. The van der Waals surface area contributed by atoms with Gasteiger partial charge in [-0.2, -0.15) is 0 Å². The number of hydrogen-bond donors (Lipinski definition) is 3. The number of rotatable bonds is 6. The fourth-order valence-corrected chi connectivity index (χ4v) is 2.41. The number of carbonyl (C=O) groups excluding carboxylic acids is 2. The second kappa shape index (κ2) is 7.35. The average molecular weight is 298 g/mol. The molecule has 0 bridgehead atoms. The highest BCUT2D eigenvalue weighted by molar-refractivity contribution is 5.86. The number of amides is 2. The fraction of sp³-hybridized carbons (Fsp3) is 0.571. The Kier molecular flexibility index (Phi) is 6.07. The number of nitrogens with zero attached hydrogens (tertiary/aromatic N) is 1. The van der Waals surface area contributed by atoms with Crippen LogP contribution in [0.2, 0.25) is 0 Å². The number of carbonyl (C=O) groups is 2. The lowest BCUT2D eigenvalue weighted by molar-refractivity contribution is -0.128. The van der Waals surface area contributed by atoms with Gasteiger partial charge in [0, 0.05) is 25.1 Å². The standard InChI is InChI=1S/C14H22N2O5/c1-8(2)13-11(7-17)21-10(14(13)20)6-16(9(3)18)5-4-12(15)19/h4-5,10-11,13-14,17,20H,1,6-7H2,2-3H3,(H2,15,19)/b5-4-/t10?,11-,13?,14?/m1/s1. The molecular weight excluding hydrogens is 276 g/mol. The van der Waals surface area contributed by atoms with Crippen LogP contribution in [0.3, 0.4) is 0 Å². The first kappa shape index (κ1) is 17.4. The van der Waals surface area contributed by atoms with Crippen LogP contribution in [0.5, 0.6) is 0 Å². The Bertz CT molecular complexity index is 449. The molecule has 3 unspecified atom stereocenters. The summed E-state index contributed by atoms with van der Waals surface area (Å²) in [5.74, 6) is -1.39. The molecule has 1 aliphatic heterocycles. The predicted octanol–water partition coefficient (Wildman–Crippen LogP) is -0.853.